The van der Waals surface area contributed by atoms with Crippen molar-refractivity contribution >= 4 is 115 Å². The highest BCUT2D eigenvalue weighted by Gasteiger charge is 2.44. The molecule has 4 atom stereocenters. The molecule has 1 saturated heterocycles. The summed E-state index contributed by atoms with van der Waals surface area (Å²) in [5.74, 6) is -9.80. The quantitative estimate of drug-likeness (QED) is 0.0701. The van der Waals surface area contributed by atoms with Gasteiger partial charge >= 0.3 is 0 Å². The van der Waals surface area contributed by atoms with E-state index in [2.05, 4.69) is 21.9 Å². The molecule has 1 rings (SSSR count). The molecule has 282 valence electrons. The van der Waals surface area contributed by atoms with Crippen molar-refractivity contribution in [3.05, 3.63) is 0 Å². The fraction of sp³-hybridized carbons (Fsp3) is 0.600. The molecule has 0 amide bonds. The summed E-state index contributed by atoms with van der Waals surface area (Å²) in [6.45, 7) is 8.81. The molecule has 1 aliphatic heterocycles. The minimum atomic E-state index is -1.36. The third-order valence-electron chi connectivity index (χ3n) is 7.10. The van der Waals surface area contributed by atoms with Crippen LogP contribution in [0.5, 0.6) is 0 Å². The molecule has 1 aliphatic rings. The maximum absolute atomic E-state index is 12.1. The molecule has 1 fully saturated rings. The molecular weight excluding hydrogens is 753 g/mol. The number of ether oxygens (including phenoxy) is 1. The number of ketones is 8. The van der Waals surface area contributed by atoms with E-state index in [9.17, 15) is 38.4 Å². The SMILES string of the molecule is CC(=O)C(C(C)=O)C(=S)NOC[C@H]1O[C@H](ONC(=S)C(C(C)=O)C(C)=O)C[C@@H](ONC(=S)C(C(C)=O)C(C)=O)[C@@H]1ONC(=S)C(C(C)=O)C(C)=O. The van der Waals surface area contributed by atoms with Gasteiger partial charge in [0, 0.05) is 6.42 Å². The van der Waals surface area contributed by atoms with E-state index in [1.165, 1.54) is 27.7 Å². The Morgan fingerprint density at radius 2 is 0.843 bits per heavy atom. The molecule has 0 saturated carbocycles. The highest BCUT2D eigenvalue weighted by molar-refractivity contribution is 7.81. The van der Waals surface area contributed by atoms with Crippen molar-refractivity contribution in [3.63, 3.8) is 0 Å². The minimum absolute atomic E-state index is 0.257. The highest BCUT2D eigenvalue weighted by Crippen LogP contribution is 2.26. The molecule has 1 heterocycles. The first-order valence-electron chi connectivity index (χ1n) is 15.1. The second kappa shape index (κ2) is 21.3. The summed E-state index contributed by atoms with van der Waals surface area (Å²) in [7, 11) is 0. The molecule has 0 aromatic carbocycles. The predicted molar refractivity (Wildman–Crippen MR) is 192 cm³/mol. The van der Waals surface area contributed by atoms with Gasteiger partial charge in [0.05, 0.1) is 0 Å². The van der Waals surface area contributed by atoms with E-state index < -0.39 is 101 Å². The fourth-order valence-corrected chi connectivity index (χ4v) is 6.34. The van der Waals surface area contributed by atoms with Crippen molar-refractivity contribution in [1.82, 2.24) is 21.9 Å². The molecule has 0 bridgehead atoms. The predicted octanol–water partition coefficient (Wildman–Crippen LogP) is 0.410. The van der Waals surface area contributed by atoms with Crippen molar-refractivity contribution in [2.45, 2.75) is 86.4 Å². The summed E-state index contributed by atoms with van der Waals surface area (Å²) in [5.41, 5.74) is 9.50. The number of Topliss-reactive ketones (excluding diaryl/α,β-unsaturated/α-hetero) is 8. The van der Waals surface area contributed by atoms with Crippen LogP contribution in [0.25, 0.3) is 0 Å². The van der Waals surface area contributed by atoms with E-state index in [1.54, 1.807) is 0 Å². The summed E-state index contributed by atoms with van der Waals surface area (Å²) in [6.07, 6.45) is -5.40. The number of hydrogen-bond acceptors (Lipinski definition) is 17. The lowest BCUT2D eigenvalue weighted by molar-refractivity contribution is -0.294. The Balaban J connectivity index is 3.50. The van der Waals surface area contributed by atoms with E-state index in [0.717, 1.165) is 27.7 Å². The van der Waals surface area contributed by atoms with Crippen molar-refractivity contribution in [2.75, 3.05) is 6.61 Å². The van der Waals surface area contributed by atoms with Crippen LogP contribution in [0.4, 0.5) is 0 Å². The Kier molecular flexibility index (Phi) is 19.1. The van der Waals surface area contributed by atoms with E-state index in [-0.39, 0.29) is 26.4 Å². The highest BCUT2D eigenvalue weighted by atomic mass is 32.1. The molecule has 51 heavy (non-hydrogen) atoms. The first-order chi connectivity index (χ1) is 23.6. The Morgan fingerprint density at radius 3 is 1.20 bits per heavy atom. The molecule has 0 aromatic rings. The molecule has 0 unspecified atom stereocenters. The zero-order chi connectivity index (χ0) is 39.3. The van der Waals surface area contributed by atoms with Crippen LogP contribution in [0.1, 0.15) is 61.8 Å². The lowest BCUT2D eigenvalue weighted by atomic mass is 10.0. The van der Waals surface area contributed by atoms with Crippen LogP contribution in [-0.2, 0) is 62.4 Å². The summed E-state index contributed by atoms with van der Waals surface area (Å²) in [5, 5.41) is 0. The third-order valence-corrected chi connectivity index (χ3v) is 8.38. The molecule has 4 N–H and O–H groups in total. The van der Waals surface area contributed by atoms with Crippen LogP contribution in [-0.4, -0.2) is 97.4 Å². The summed E-state index contributed by atoms with van der Waals surface area (Å²) >= 11 is 20.8. The summed E-state index contributed by atoms with van der Waals surface area (Å²) in [6, 6.07) is 0. The number of rotatable bonds is 21. The third kappa shape index (κ3) is 14.0. The van der Waals surface area contributed by atoms with Crippen LogP contribution in [0, 0.1) is 23.7 Å². The monoisotopic (exact) mass is 792 g/mol. The second-order valence-corrected chi connectivity index (χ2v) is 13.2. The molecule has 0 aliphatic carbocycles. The topological polar surface area (TPSA) is 231 Å². The smallest absolute Gasteiger partial charge is 0.186 e. The summed E-state index contributed by atoms with van der Waals surface area (Å²) in [4.78, 5) is 118. The Bertz CT molecular complexity index is 1420. The van der Waals surface area contributed by atoms with Gasteiger partial charge in [0.25, 0.3) is 0 Å². The average molecular weight is 793 g/mol. The minimum Gasteiger partial charge on any atom is -0.341 e. The first kappa shape index (κ1) is 45.7. The van der Waals surface area contributed by atoms with Crippen LogP contribution in [0.3, 0.4) is 0 Å². The van der Waals surface area contributed by atoms with Gasteiger partial charge in [-0.25, -0.2) is 4.84 Å². The maximum atomic E-state index is 12.1. The van der Waals surface area contributed by atoms with Crippen molar-refractivity contribution in [3.8, 4) is 0 Å². The Morgan fingerprint density at radius 1 is 0.529 bits per heavy atom. The van der Waals surface area contributed by atoms with Crippen molar-refractivity contribution in [2.24, 2.45) is 23.7 Å². The van der Waals surface area contributed by atoms with Crippen LogP contribution >= 0.6 is 48.9 Å². The molecule has 17 nitrogen and oxygen atoms in total. The maximum Gasteiger partial charge on any atom is 0.186 e. The van der Waals surface area contributed by atoms with Gasteiger partial charge in [0.2, 0.25) is 0 Å². The van der Waals surface area contributed by atoms with Gasteiger partial charge in [0.15, 0.2) is 6.29 Å². The lowest BCUT2D eigenvalue weighted by Crippen LogP contribution is -2.58. The first-order valence-corrected chi connectivity index (χ1v) is 16.7. The van der Waals surface area contributed by atoms with Crippen molar-refractivity contribution < 1.29 is 62.4 Å². The van der Waals surface area contributed by atoms with E-state index >= 15 is 0 Å². The fourth-order valence-electron chi connectivity index (χ4n) is 4.80. The Hall–Kier alpha value is -3.28. The molecule has 0 aromatic heterocycles. The number of nitrogens with one attached hydrogen (secondary N) is 4. The molecular formula is C30H40N4O13S4. The number of hydroxylamine groups is 4. The standard InChI is InChI=1S/C30H40N4O13S4/c1-11(35)22(12(2)36)27(48)31-43-10-20-26(47-34-30(51)25(17(7)41)18(8)42)19(45-32-28(49)23(13(3)37)14(4)38)9-21(44-20)46-33-29(50)24(15(5)39)16(6)40/h19-26H,9-10H2,1-8H3,(H,31,48)(H,32,49)(H,33,50)(H,34,51)/t19-,20-,21-,26+/m1/s1. The van der Waals surface area contributed by atoms with Crippen LogP contribution in [0.2, 0.25) is 0 Å². The largest absolute Gasteiger partial charge is 0.341 e. The molecule has 0 radical (unpaired) electrons. The molecule has 0 spiro atoms. The van der Waals surface area contributed by atoms with E-state index in [0.29, 0.717) is 0 Å². The van der Waals surface area contributed by atoms with E-state index in [1.807, 2.05) is 0 Å². The average Bonchev–Trinajstić information content (AvgIpc) is 2.96. The lowest BCUT2D eigenvalue weighted by Gasteiger charge is -2.40. The van der Waals surface area contributed by atoms with Crippen LogP contribution in [0.15, 0.2) is 0 Å². The van der Waals surface area contributed by atoms with Crippen LogP contribution < -0.4 is 21.9 Å². The second-order valence-electron chi connectivity index (χ2n) is 11.5. The van der Waals surface area contributed by atoms with Gasteiger partial charge < -0.3 is 4.74 Å². The van der Waals surface area contributed by atoms with Gasteiger partial charge in [0.1, 0.15) is 115 Å². The van der Waals surface area contributed by atoms with Gasteiger partial charge in [-0.2, -0.15) is 0 Å². The normalized spacial score (nSPS) is 18.5. The van der Waals surface area contributed by atoms with Gasteiger partial charge in [-0.1, -0.05) is 48.9 Å². The number of carbonyl (C=O) groups excluding carboxylic acids is 8. The zero-order valence-corrected chi connectivity index (χ0v) is 32.2. The number of hydrogen-bond donors (Lipinski definition) is 4. The van der Waals surface area contributed by atoms with Gasteiger partial charge in [-0.15, -0.1) is 0 Å². The van der Waals surface area contributed by atoms with Crippen molar-refractivity contribution in [1.29, 1.82) is 0 Å². The van der Waals surface area contributed by atoms with Gasteiger partial charge in [-0.05, 0) is 55.4 Å². The molecule has 21 heteroatoms. The summed E-state index contributed by atoms with van der Waals surface area (Å²) < 4.78 is 5.99. The zero-order valence-electron chi connectivity index (χ0n) is 29.0. The Labute approximate surface area is 315 Å². The van der Waals surface area contributed by atoms with Gasteiger partial charge in [-0.3, -0.25) is 74.8 Å². The number of carbonyl (C=O) groups is 8. The van der Waals surface area contributed by atoms with E-state index in [4.69, 9.17) is 73.0 Å². The number of thiocarbonyl (C=S) groups is 4.